The van der Waals surface area contributed by atoms with Gasteiger partial charge in [-0.05, 0) is 57.1 Å². The third-order valence-electron chi connectivity index (χ3n) is 9.63. The van der Waals surface area contributed by atoms with Gasteiger partial charge in [0, 0.05) is 61.7 Å². The van der Waals surface area contributed by atoms with E-state index >= 15 is 0 Å². The number of amides is 2. The number of ether oxygens (including phenoxy) is 3. The largest absolute Gasteiger partial charge is 0.493 e. The summed E-state index contributed by atoms with van der Waals surface area (Å²) in [5.74, 6) is 1.22. The van der Waals surface area contributed by atoms with Gasteiger partial charge in [0.2, 0.25) is 0 Å². The number of hydrogen-bond donors (Lipinski definition) is 1. The standard InChI is InChI=1S/C35H45N4O7P/c1-3-14-47(43,15-12-45-31-19-29-27(17-24(31)23-40)34(41)38-10-6-4-8-25(38)21-36-29)16-13-46-33-20-30-28(18-32(33)44-2)35(42)39-11-7-5-9-26(39)22-37-30/h17-22,25-26,40H,3-16,23H2,1-2H3/t25-,26-,47?/m0/s1. The van der Waals surface area contributed by atoms with Crippen LogP contribution in [0.3, 0.4) is 0 Å². The molecule has 11 nitrogen and oxygen atoms in total. The van der Waals surface area contributed by atoms with E-state index in [2.05, 4.69) is 9.98 Å². The number of benzene rings is 2. The number of nitrogens with zero attached hydrogens (tertiary/aromatic N) is 4. The molecule has 2 fully saturated rings. The van der Waals surface area contributed by atoms with E-state index in [1.165, 1.54) is 7.11 Å². The molecule has 2 aromatic carbocycles. The van der Waals surface area contributed by atoms with Crippen LogP contribution in [0, 0.1) is 0 Å². The summed E-state index contributed by atoms with van der Waals surface area (Å²) in [6, 6.07) is 6.81. The first-order chi connectivity index (χ1) is 22.8. The molecule has 2 aromatic rings. The summed E-state index contributed by atoms with van der Waals surface area (Å²) in [7, 11) is -1.15. The maximum atomic E-state index is 14.0. The molecule has 47 heavy (non-hydrogen) atoms. The van der Waals surface area contributed by atoms with E-state index in [0.717, 1.165) is 44.9 Å². The van der Waals surface area contributed by atoms with Gasteiger partial charge in [-0.3, -0.25) is 19.6 Å². The van der Waals surface area contributed by atoms with E-state index in [9.17, 15) is 19.3 Å². The minimum Gasteiger partial charge on any atom is -0.493 e. The number of aliphatic imine (C=N–C) groups is 2. The fourth-order valence-corrected chi connectivity index (χ4v) is 9.34. The fourth-order valence-electron chi connectivity index (χ4n) is 7.01. The van der Waals surface area contributed by atoms with Gasteiger partial charge in [-0.1, -0.05) is 6.92 Å². The van der Waals surface area contributed by atoms with Gasteiger partial charge in [-0.15, -0.1) is 0 Å². The van der Waals surface area contributed by atoms with E-state index in [1.807, 2.05) is 29.2 Å². The van der Waals surface area contributed by atoms with E-state index in [0.29, 0.717) is 76.9 Å². The number of aliphatic hydroxyl groups is 1. The molecule has 0 saturated carbocycles. The molecular weight excluding hydrogens is 619 g/mol. The number of carbonyl (C=O) groups is 2. The van der Waals surface area contributed by atoms with Gasteiger partial charge >= 0.3 is 0 Å². The van der Waals surface area contributed by atoms with Crippen LogP contribution in [0.1, 0.15) is 78.1 Å². The van der Waals surface area contributed by atoms with Gasteiger partial charge < -0.3 is 33.7 Å². The van der Waals surface area contributed by atoms with Crippen molar-refractivity contribution in [1.29, 1.82) is 0 Å². The first-order valence-corrected chi connectivity index (χ1v) is 19.1. The van der Waals surface area contributed by atoms with Gasteiger partial charge in [0.15, 0.2) is 11.5 Å². The highest BCUT2D eigenvalue weighted by Gasteiger charge is 2.33. The van der Waals surface area contributed by atoms with Crippen LogP contribution in [0.15, 0.2) is 34.3 Å². The molecule has 2 saturated heterocycles. The van der Waals surface area contributed by atoms with Crippen LogP contribution < -0.4 is 14.2 Å². The Balaban J connectivity index is 1.11. The third-order valence-corrected chi connectivity index (χ3v) is 12.9. The number of piperidine rings is 2. The van der Waals surface area contributed by atoms with Gasteiger partial charge in [0.05, 0.1) is 68.7 Å². The Kier molecular flexibility index (Phi) is 10.3. The Morgan fingerprint density at radius 1 is 0.787 bits per heavy atom. The monoisotopic (exact) mass is 664 g/mol. The first kappa shape index (κ1) is 33.2. The number of hydrogen-bond acceptors (Lipinski definition) is 9. The Bertz CT molecular complexity index is 1500. The molecule has 1 N–H and O–H groups in total. The van der Waals surface area contributed by atoms with E-state index in [1.54, 1.807) is 24.3 Å². The van der Waals surface area contributed by atoms with E-state index in [4.69, 9.17) is 14.2 Å². The van der Waals surface area contributed by atoms with Crippen LogP contribution in [0.25, 0.3) is 0 Å². The summed E-state index contributed by atoms with van der Waals surface area (Å²) >= 11 is 0. The summed E-state index contributed by atoms with van der Waals surface area (Å²) in [4.78, 5) is 39.6. The topological polar surface area (TPSA) is 130 Å². The zero-order valence-corrected chi connectivity index (χ0v) is 28.3. The van der Waals surface area contributed by atoms with Crippen molar-refractivity contribution < 1.29 is 33.5 Å². The predicted octanol–water partition coefficient (Wildman–Crippen LogP) is 5.84. The molecule has 4 aliphatic heterocycles. The molecular formula is C35H45N4O7P. The van der Waals surface area contributed by atoms with Gasteiger partial charge in [-0.25, -0.2) is 0 Å². The van der Waals surface area contributed by atoms with E-state index in [-0.39, 0.29) is 43.7 Å². The van der Waals surface area contributed by atoms with Crippen molar-refractivity contribution in [1.82, 2.24) is 9.80 Å². The molecule has 1 unspecified atom stereocenters. The molecule has 4 aliphatic rings. The average molecular weight is 665 g/mol. The zero-order chi connectivity index (χ0) is 33.0. The van der Waals surface area contributed by atoms with Crippen molar-refractivity contribution in [2.24, 2.45) is 9.98 Å². The quantitative estimate of drug-likeness (QED) is 0.282. The Morgan fingerprint density at radius 3 is 1.89 bits per heavy atom. The smallest absolute Gasteiger partial charge is 0.256 e. The summed E-state index contributed by atoms with van der Waals surface area (Å²) in [5, 5.41) is 10.1. The maximum absolute atomic E-state index is 14.0. The molecule has 12 heteroatoms. The van der Waals surface area contributed by atoms with Crippen LogP contribution in [-0.2, 0) is 11.2 Å². The minimum absolute atomic E-state index is 0.00192. The van der Waals surface area contributed by atoms with Crippen LogP contribution >= 0.6 is 7.14 Å². The zero-order valence-electron chi connectivity index (χ0n) is 27.4. The van der Waals surface area contributed by atoms with Crippen LogP contribution in [-0.4, -0.2) is 103 Å². The molecule has 0 bridgehead atoms. The van der Waals surface area contributed by atoms with Crippen molar-refractivity contribution in [3.05, 3.63) is 41.0 Å². The van der Waals surface area contributed by atoms with Gasteiger partial charge in [0.25, 0.3) is 11.8 Å². The second kappa shape index (κ2) is 14.6. The van der Waals surface area contributed by atoms with Crippen molar-refractivity contribution in [2.45, 2.75) is 70.6 Å². The number of fused-ring (bicyclic) bond motifs is 4. The van der Waals surface area contributed by atoms with Crippen molar-refractivity contribution >= 4 is 42.8 Å². The lowest BCUT2D eigenvalue weighted by molar-refractivity contribution is 0.0680. The molecule has 4 heterocycles. The fraction of sp³-hybridized carbons (Fsp3) is 0.543. The highest BCUT2D eigenvalue weighted by atomic mass is 31.2. The second-order valence-corrected chi connectivity index (χ2v) is 16.2. The minimum atomic E-state index is -2.69. The molecule has 2 amide bonds. The van der Waals surface area contributed by atoms with Crippen LogP contribution in [0.5, 0.6) is 17.2 Å². The lowest BCUT2D eigenvalue weighted by Crippen LogP contribution is -2.43. The van der Waals surface area contributed by atoms with Crippen LogP contribution in [0.2, 0.25) is 0 Å². The molecule has 0 radical (unpaired) electrons. The summed E-state index contributed by atoms with van der Waals surface area (Å²) in [6.45, 7) is 3.52. The number of rotatable bonds is 12. The lowest BCUT2D eigenvalue weighted by atomic mass is 10.0. The van der Waals surface area contributed by atoms with Crippen LogP contribution in [0.4, 0.5) is 11.4 Å². The summed E-state index contributed by atoms with van der Waals surface area (Å²) in [5.41, 5.74) is 2.54. The number of aliphatic hydroxyl groups excluding tert-OH is 1. The number of carbonyl (C=O) groups excluding carboxylic acids is 2. The Morgan fingerprint density at radius 2 is 1.34 bits per heavy atom. The van der Waals surface area contributed by atoms with Crippen molar-refractivity contribution in [3.8, 4) is 17.2 Å². The second-order valence-electron chi connectivity index (χ2n) is 12.8. The van der Waals surface area contributed by atoms with E-state index < -0.39 is 7.14 Å². The normalized spacial score (nSPS) is 21.5. The highest BCUT2D eigenvalue weighted by molar-refractivity contribution is 7.63. The molecule has 0 aliphatic carbocycles. The average Bonchev–Trinajstić information content (AvgIpc) is 3.31. The number of methoxy groups -OCH3 is 1. The first-order valence-electron chi connectivity index (χ1n) is 16.9. The predicted molar refractivity (Wildman–Crippen MR) is 183 cm³/mol. The Labute approximate surface area is 276 Å². The molecule has 6 rings (SSSR count). The van der Waals surface area contributed by atoms with Gasteiger partial charge in [-0.2, -0.15) is 0 Å². The Hall–Kier alpha value is -3.69. The lowest BCUT2D eigenvalue weighted by Gasteiger charge is -2.32. The molecule has 3 atom stereocenters. The van der Waals surface area contributed by atoms with Crippen molar-refractivity contribution in [2.75, 3.05) is 51.9 Å². The van der Waals surface area contributed by atoms with Crippen molar-refractivity contribution in [3.63, 3.8) is 0 Å². The summed E-state index contributed by atoms with van der Waals surface area (Å²) < 4.78 is 31.9. The third kappa shape index (κ3) is 7.11. The highest BCUT2D eigenvalue weighted by Crippen LogP contribution is 2.46. The maximum Gasteiger partial charge on any atom is 0.256 e. The molecule has 0 spiro atoms. The SMILES string of the molecule is CCCP(=O)(CCOc1cc2c(cc1CO)C(=O)N1CCCC[C@H]1C=N2)CCOc1cc2c(cc1OC)C(=O)N1CCCC[C@H]1C=N2. The molecule has 0 aromatic heterocycles. The summed E-state index contributed by atoms with van der Waals surface area (Å²) in [6.07, 6.45) is 11.6. The van der Waals surface area contributed by atoms with Gasteiger partial charge in [0.1, 0.15) is 5.75 Å². The molecule has 252 valence electrons.